The molecule has 9 heteroatoms. The summed E-state index contributed by atoms with van der Waals surface area (Å²) in [5, 5.41) is 5.43. The van der Waals surface area contributed by atoms with Crippen molar-refractivity contribution in [3.05, 3.63) is 54.5 Å². The number of benzene rings is 2. The second-order valence-corrected chi connectivity index (χ2v) is 9.29. The largest absolute Gasteiger partial charge is 0.369 e. The number of nitrogens with one attached hydrogen (secondary N) is 1. The van der Waals surface area contributed by atoms with Crippen molar-refractivity contribution in [2.75, 3.05) is 31.1 Å². The zero-order valence-electron chi connectivity index (χ0n) is 17.1. The number of halogens is 1. The van der Waals surface area contributed by atoms with E-state index in [1.165, 1.54) is 12.1 Å². The fourth-order valence-electron chi connectivity index (χ4n) is 3.85. The van der Waals surface area contributed by atoms with Gasteiger partial charge in [-0.3, -0.25) is 0 Å². The van der Waals surface area contributed by atoms with E-state index in [-0.39, 0.29) is 11.9 Å². The van der Waals surface area contributed by atoms with Crippen LogP contribution in [0.5, 0.6) is 0 Å². The minimum atomic E-state index is -3.45. The number of piperazine rings is 1. The third-order valence-electron chi connectivity index (χ3n) is 5.40. The second-order valence-electron chi connectivity index (χ2n) is 7.58. The molecule has 1 saturated heterocycles. The number of rotatable bonds is 6. The van der Waals surface area contributed by atoms with Gasteiger partial charge in [0, 0.05) is 43.3 Å². The Hall–Kier alpha value is -2.49. The molecule has 1 atom stereocenters. The van der Waals surface area contributed by atoms with E-state index < -0.39 is 10.2 Å². The van der Waals surface area contributed by atoms with Crippen molar-refractivity contribution in [2.45, 2.75) is 26.3 Å². The van der Waals surface area contributed by atoms with E-state index in [1.807, 2.05) is 26.0 Å². The molecule has 0 amide bonds. The Morgan fingerprint density at radius 3 is 2.57 bits per heavy atom. The van der Waals surface area contributed by atoms with Crippen LogP contribution in [0.4, 0.5) is 10.1 Å². The Labute approximate surface area is 176 Å². The van der Waals surface area contributed by atoms with Crippen molar-refractivity contribution in [1.29, 1.82) is 0 Å². The molecule has 1 aliphatic heterocycles. The zero-order valence-corrected chi connectivity index (χ0v) is 17.9. The highest BCUT2D eigenvalue weighted by Gasteiger charge is 2.32. The summed E-state index contributed by atoms with van der Waals surface area (Å²) in [6.45, 7) is 6.00. The van der Waals surface area contributed by atoms with Crippen molar-refractivity contribution in [3.63, 3.8) is 0 Å². The van der Waals surface area contributed by atoms with E-state index in [4.69, 9.17) is 0 Å². The van der Waals surface area contributed by atoms with Gasteiger partial charge in [0.15, 0.2) is 0 Å². The Kier molecular flexibility index (Phi) is 5.77. The van der Waals surface area contributed by atoms with Crippen LogP contribution >= 0.6 is 0 Å². The van der Waals surface area contributed by atoms with Gasteiger partial charge in [-0.25, -0.2) is 13.8 Å². The van der Waals surface area contributed by atoms with Crippen molar-refractivity contribution in [3.8, 4) is 5.69 Å². The van der Waals surface area contributed by atoms with Crippen LogP contribution in [0, 0.1) is 5.82 Å². The lowest BCUT2D eigenvalue weighted by Crippen LogP contribution is -2.56. The van der Waals surface area contributed by atoms with Crippen molar-refractivity contribution in [2.24, 2.45) is 0 Å². The van der Waals surface area contributed by atoms with Crippen molar-refractivity contribution in [1.82, 2.24) is 18.8 Å². The minimum Gasteiger partial charge on any atom is -0.369 e. The van der Waals surface area contributed by atoms with Crippen LogP contribution in [0.1, 0.15) is 20.3 Å². The summed E-state index contributed by atoms with van der Waals surface area (Å²) >= 11 is 0. The highest BCUT2D eigenvalue weighted by atomic mass is 32.2. The Bertz CT molecular complexity index is 1130. The number of nitrogens with zero attached hydrogens (tertiary/aromatic N) is 4. The molecule has 1 fully saturated rings. The van der Waals surface area contributed by atoms with E-state index in [0.29, 0.717) is 26.2 Å². The third kappa shape index (κ3) is 4.05. The number of hydrogen-bond donors (Lipinski definition) is 1. The molecule has 4 rings (SSSR count). The van der Waals surface area contributed by atoms with Gasteiger partial charge in [-0.1, -0.05) is 6.92 Å². The molecule has 1 N–H and O–H groups in total. The average molecular weight is 432 g/mol. The quantitative estimate of drug-likeness (QED) is 0.652. The van der Waals surface area contributed by atoms with E-state index >= 15 is 0 Å². The SMILES string of the molecule is CCCNS(=O)(=O)N1CCN(c2ccc3c(cnn3-c3ccc(F)cc3)c2)C[C@H]1C. The molecule has 7 nitrogen and oxygen atoms in total. The molecule has 1 aliphatic rings. The molecule has 30 heavy (non-hydrogen) atoms. The molecule has 0 spiro atoms. The van der Waals surface area contributed by atoms with Gasteiger partial charge in [0.1, 0.15) is 5.82 Å². The molecule has 160 valence electrons. The van der Waals surface area contributed by atoms with Crippen LogP contribution in [0.2, 0.25) is 0 Å². The lowest BCUT2D eigenvalue weighted by atomic mass is 10.1. The van der Waals surface area contributed by atoms with Crippen LogP contribution in [0.3, 0.4) is 0 Å². The number of aromatic nitrogens is 2. The molecule has 2 aromatic carbocycles. The predicted molar refractivity (Wildman–Crippen MR) is 117 cm³/mol. The summed E-state index contributed by atoms with van der Waals surface area (Å²) in [7, 11) is -3.45. The summed E-state index contributed by atoms with van der Waals surface area (Å²) in [5.74, 6) is -0.280. The molecule has 0 bridgehead atoms. The lowest BCUT2D eigenvalue weighted by molar-refractivity contribution is 0.302. The van der Waals surface area contributed by atoms with E-state index in [9.17, 15) is 12.8 Å². The fraction of sp³-hybridized carbons (Fsp3) is 0.381. The second kappa shape index (κ2) is 8.33. The maximum absolute atomic E-state index is 13.2. The minimum absolute atomic E-state index is 0.134. The molecular formula is C21H26FN5O2S. The summed E-state index contributed by atoms with van der Waals surface area (Å²) in [6, 6.07) is 12.2. The number of hydrogen-bond acceptors (Lipinski definition) is 4. The van der Waals surface area contributed by atoms with E-state index in [1.54, 1.807) is 27.3 Å². The molecule has 3 aromatic rings. The van der Waals surface area contributed by atoms with Gasteiger partial charge in [-0.05, 0) is 55.8 Å². The summed E-state index contributed by atoms with van der Waals surface area (Å²) in [5.41, 5.74) is 2.76. The lowest BCUT2D eigenvalue weighted by Gasteiger charge is -2.40. The first-order valence-electron chi connectivity index (χ1n) is 10.1. The van der Waals surface area contributed by atoms with Gasteiger partial charge in [-0.15, -0.1) is 0 Å². The average Bonchev–Trinajstić information content (AvgIpc) is 3.16. The van der Waals surface area contributed by atoms with Crippen LogP contribution in [-0.4, -0.2) is 54.7 Å². The molecule has 0 aliphatic carbocycles. The van der Waals surface area contributed by atoms with E-state index in [2.05, 4.69) is 20.8 Å². The highest BCUT2D eigenvalue weighted by molar-refractivity contribution is 7.87. The normalized spacial score (nSPS) is 18.2. The molecule has 0 saturated carbocycles. The van der Waals surface area contributed by atoms with Crippen molar-refractivity contribution >= 4 is 26.8 Å². The van der Waals surface area contributed by atoms with E-state index in [0.717, 1.165) is 28.7 Å². The highest BCUT2D eigenvalue weighted by Crippen LogP contribution is 2.26. The maximum Gasteiger partial charge on any atom is 0.279 e. The van der Waals surface area contributed by atoms with Gasteiger partial charge in [0.05, 0.1) is 17.4 Å². The van der Waals surface area contributed by atoms with Crippen LogP contribution in [0.25, 0.3) is 16.6 Å². The van der Waals surface area contributed by atoms with Crippen molar-refractivity contribution < 1.29 is 12.8 Å². The predicted octanol–water partition coefficient (Wildman–Crippen LogP) is 2.92. The molecule has 2 heterocycles. The first-order valence-corrected chi connectivity index (χ1v) is 11.6. The van der Waals surface area contributed by atoms with Gasteiger partial charge in [0.25, 0.3) is 10.2 Å². The summed E-state index contributed by atoms with van der Waals surface area (Å²) < 4.78 is 44.2. The first kappa shape index (κ1) is 20.8. The van der Waals surface area contributed by atoms with Gasteiger partial charge < -0.3 is 4.90 Å². The van der Waals surface area contributed by atoms with Gasteiger partial charge >= 0.3 is 0 Å². The van der Waals surface area contributed by atoms with Crippen LogP contribution < -0.4 is 9.62 Å². The van der Waals surface area contributed by atoms with Gasteiger partial charge in [-0.2, -0.15) is 17.8 Å². The van der Waals surface area contributed by atoms with Crippen LogP contribution in [-0.2, 0) is 10.2 Å². The summed E-state index contributed by atoms with van der Waals surface area (Å²) in [4.78, 5) is 2.20. The Morgan fingerprint density at radius 1 is 1.13 bits per heavy atom. The molecule has 0 unspecified atom stereocenters. The zero-order chi connectivity index (χ0) is 21.3. The summed E-state index contributed by atoms with van der Waals surface area (Å²) in [6.07, 6.45) is 2.56. The Balaban J connectivity index is 1.53. The monoisotopic (exact) mass is 431 g/mol. The Morgan fingerprint density at radius 2 is 1.87 bits per heavy atom. The fourth-order valence-corrected chi connectivity index (χ4v) is 5.34. The molecular weight excluding hydrogens is 405 g/mol. The smallest absolute Gasteiger partial charge is 0.279 e. The molecule has 1 aromatic heterocycles. The number of anilines is 1. The van der Waals surface area contributed by atoms with Crippen LogP contribution in [0.15, 0.2) is 48.7 Å². The first-order chi connectivity index (χ1) is 14.4. The number of fused-ring (bicyclic) bond motifs is 1. The maximum atomic E-state index is 13.2. The molecule has 0 radical (unpaired) electrons. The standard InChI is InChI=1S/C21H26FN5O2S/c1-3-10-24-30(28,29)26-12-11-25(15-16(26)2)20-8-9-21-17(13-20)14-23-27(21)19-6-4-18(22)5-7-19/h4-9,13-14,16,24H,3,10-12,15H2,1-2H3/t16-/m1/s1. The van der Waals surface area contributed by atoms with Gasteiger partial charge in [0.2, 0.25) is 0 Å². The topological polar surface area (TPSA) is 70.5 Å². The third-order valence-corrected chi connectivity index (χ3v) is 7.13.